The average molecular weight is 472 g/mol. The standard InChI is InChI=1S/C21H24F3N3O4S/c1-26(16-7-3-2-4-8-16)32(30,31)18-10-6-5-9-17(18)25-19(28)14-27-13-15(21(22,23)24)11-12-20(27)29/h5-6,9-13,16H,2-4,7-8,14H2,1H3,(H,25,28). The minimum Gasteiger partial charge on any atom is -0.323 e. The number of pyridine rings is 1. The molecule has 0 saturated heterocycles. The SMILES string of the molecule is CN(C1CCCCC1)S(=O)(=O)c1ccccc1NC(=O)Cn1cc(C(F)(F)F)ccc1=O. The summed E-state index contributed by atoms with van der Waals surface area (Å²) in [4.78, 5) is 24.3. The van der Waals surface area contributed by atoms with Gasteiger partial charge in [0.15, 0.2) is 0 Å². The van der Waals surface area contributed by atoms with Gasteiger partial charge in [-0.25, -0.2) is 8.42 Å². The number of hydrogen-bond donors (Lipinski definition) is 1. The van der Waals surface area contributed by atoms with Gasteiger partial charge in [-0.2, -0.15) is 17.5 Å². The zero-order chi connectivity index (χ0) is 23.5. The van der Waals surface area contributed by atoms with Gasteiger partial charge in [0.1, 0.15) is 11.4 Å². The molecule has 1 N–H and O–H groups in total. The quantitative estimate of drug-likeness (QED) is 0.699. The van der Waals surface area contributed by atoms with Crippen LogP contribution in [-0.4, -0.2) is 36.3 Å². The van der Waals surface area contributed by atoms with Crippen molar-refractivity contribution in [3.8, 4) is 0 Å². The topological polar surface area (TPSA) is 88.5 Å². The molecule has 174 valence electrons. The Morgan fingerprint density at radius 2 is 1.78 bits per heavy atom. The highest BCUT2D eigenvalue weighted by Crippen LogP contribution is 2.30. The summed E-state index contributed by atoms with van der Waals surface area (Å²) in [5, 5.41) is 2.42. The first-order valence-electron chi connectivity index (χ1n) is 10.1. The number of nitrogens with zero attached hydrogens (tertiary/aromatic N) is 2. The number of alkyl halides is 3. The number of halogens is 3. The third-order valence-electron chi connectivity index (χ3n) is 5.53. The van der Waals surface area contributed by atoms with Gasteiger partial charge in [0.05, 0.1) is 11.3 Å². The number of aromatic nitrogens is 1. The molecule has 1 heterocycles. The van der Waals surface area contributed by atoms with E-state index in [-0.39, 0.29) is 16.6 Å². The molecule has 1 aromatic carbocycles. The first-order valence-corrected chi connectivity index (χ1v) is 11.6. The number of sulfonamides is 1. The van der Waals surface area contributed by atoms with Crippen molar-refractivity contribution >= 4 is 21.6 Å². The van der Waals surface area contributed by atoms with Crippen LogP contribution in [0, 0.1) is 0 Å². The molecular weight excluding hydrogens is 447 g/mol. The maximum absolute atomic E-state index is 13.2. The Morgan fingerprint density at radius 1 is 1.12 bits per heavy atom. The van der Waals surface area contributed by atoms with Crippen LogP contribution >= 0.6 is 0 Å². The largest absolute Gasteiger partial charge is 0.417 e. The Kier molecular flexibility index (Phi) is 7.09. The van der Waals surface area contributed by atoms with E-state index < -0.39 is 39.8 Å². The minimum atomic E-state index is -4.67. The number of hydrogen-bond acceptors (Lipinski definition) is 4. The summed E-state index contributed by atoms with van der Waals surface area (Å²) in [5.41, 5.74) is -1.85. The minimum absolute atomic E-state index is 0.000171. The molecule has 1 aliphatic carbocycles. The van der Waals surface area contributed by atoms with E-state index in [1.807, 2.05) is 0 Å². The summed E-state index contributed by atoms with van der Waals surface area (Å²) in [6, 6.07) is 7.05. The molecule has 0 bridgehead atoms. The molecule has 7 nitrogen and oxygen atoms in total. The molecule has 0 atom stereocenters. The predicted octanol–water partition coefficient (Wildman–Crippen LogP) is 3.46. The number of para-hydroxylation sites is 1. The van der Waals surface area contributed by atoms with E-state index in [2.05, 4.69) is 5.32 Å². The number of amides is 1. The highest BCUT2D eigenvalue weighted by Gasteiger charge is 2.32. The first kappa shape index (κ1) is 24.0. The zero-order valence-corrected chi connectivity index (χ0v) is 18.2. The number of carbonyl (C=O) groups is 1. The second-order valence-electron chi connectivity index (χ2n) is 7.74. The van der Waals surface area contributed by atoms with Gasteiger partial charge in [-0.3, -0.25) is 9.59 Å². The molecule has 0 spiro atoms. The van der Waals surface area contributed by atoms with Gasteiger partial charge in [0.2, 0.25) is 15.9 Å². The van der Waals surface area contributed by atoms with Gasteiger partial charge in [-0.05, 0) is 31.0 Å². The van der Waals surface area contributed by atoms with Crippen LogP contribution in [0.1, 0.15) is 37.7 Å². The summed E-state index contributed by atoms with van der Waals surface area (Å²) < 4.78 is 67.1. The lowest BCUT2D eigenvalue weighted by atomic mass is 9.96. The third kappa shape index (κ3) is 5.39. The van der Waals surface area contributed by atoms with Gasteiger partial charge in [-0.15, -0.1) is 0 Å². The predicted molar refractivity (Wildman–Crippen MR) is 113 cm³/mol. The fourth-order valence-electron chi connectivity index (χ4n) is 3.76. The molecule has 32 heavy (non-hydrogen) atoms. The lowest BCUT2D eigenvalue weighted by Gasteiger charge is -2.30. The van der Waals surface area contributed by atoms with E-state index in [9.17, 15) is 31.2 Å². The molecule has 0 unspecified atom stereocenters. The lowest BCUT2D eigenvalue weighted by Crippen LogP contribution is -2.38. The van der Waals surface area contributed by atoms with Gasteiger partial charge in [0, 0.05) is 25.4 Å². The Labute approximate surface area is 183 Å². The van der Waals surface area contributed by atoms with Crippen LogP contribution in [0.3, 0.4) is 0 Å². The maximum Gasteiger partial charge on any atom is 0.417 e. The molecule has 1 aliphatic rings. The molecule has 1 saturated carbocycles. The van der Waals surface area contributed by atoms with Crippen LogP contribution in [0.5, 0.6) is 0 Å². The highest BCUT2D eigenvalue weighted by atomic mass is 32.2. The number of benzene rings is 1. The molecular formula is C21H24F3N3O4S. The highest BCUT2D eigenvalue weighted by molar-refractivity contribution is 7.89. The van der Waals surface area contributed by atoms with E-state index in [1.54, 1.807) is 0 Å². The Bertz CT molecular complexity index is 1140. The van der Waals surface area contributed by atoms with Gasteiger partial charge >= 0.3 is 6.18 Å². The van der Waals surface area contributed by atoms with Crippen molar-refractivity contribution in [1.82, 2.24) is 8.87 Å². The lowest BCUT2D eigenvalue weighted by molar-refractivity contribution is -0.138. The molecule has 11 heteroatoms. The summed E-state index contributed by atoms with van der Waals surface area (Å²) in [5.74, 6) is -0.825. The number of carbonyl (C=O) groups excluding carboxylic acids is 1. The van der Waals surface area contributed by atoms with Gasteiger partial charge < -0.3 is 9.88 Å². The van der Waals surface area contributed by atoms with Gasteiger partial charge in [-0.1, -0.05) is 31.4 Å². The van der Waals surface area contributed by atoms with Crippen molar-refractivity contribution in [3.05, 3.63) is 58.5 Å². The van der Waals surface area contributed by atoms with Crippen molar-refractivity contribution in [2.75, 3.05) is 12.4 Å². The van der Waals surface area contributed by atoms with Gasteiger partial charge in [0.25, 0.3) is 5.56 Å². The summed E-state index contributed by atoms with van der Waals surface area (Å²) >= 11 is 0. The number of rotatable bonds is 6. The van der Waals surface area contributed by atoms with Crippen LogP contribution in [-0.2, 0) is 27.5 Å². The van der Waals surface area contributed by atoms with E-state index in [4.69, 9.17) is 0 Å². The number of nitrogens with one attached hydrogen (secondary N) is 1. The Morgan fingerprint density at radius 3 is 2.44 bits per heavy atom. The molecule has 0 aliphatic heterocycles. The first-order chi connectivity index (χ1) is 15.0. The fraction of sp³-hybridized carbons (Fsp3) is 0.429. The fourth-order valence-corrected chi connectivity index (χ4v) is 5.32. The van der Waals surface area contributed by atoms with E-state index >= 15 is 0 Å². The van der Waals surface area contributed by atoms with Crippen molar-refractivity contribution in [2.45, 2.75) is 55.8 Å². The smallest absolute Gasteiger partial charge is 0.323 e. The van der Waals surface area contributed by atoms with E-state index in [1.165, 1.54) is 35.6 Å². The zero-order valence-electron chi connectivity index (χ0n) is 17.4. The van der Waals surface area contributed by atoms with Crippen LogP contribution in [0.25, 0.3) is 0 Å². The van der Waals surface area contributed by atoms with E-state index in [0.29, 0.717) is 16.8 Å². The molecule has 3 rings (SSSR count). The second kappa shape index (κ2) is 9.45. The van der Waals surface area contributed by atoms with Crippen molar-refractivity contribution in [3.63, 3.8) is 0 Å². The van der Waals surface area contributed by atoms with Crippen LogP contribution in [0.4, 0.5) is 18.9 Å². The molecule has 1 aromatic heterocycles. The van der Waals surface area contributed by atoms with Crippen molar-refractivity contribution < 1.29 is 26.4 Å². The van der Waals surface area contributed by atoms with Crippen molar-refractivity contribution in [1.29, 1.82) is 0 Å². The summed E-state index contributed by atoms with van der Waals surface area (Å²) in [6.45, 7) is -0.699. The molecule has 0 radical (unpaired) electrons. The van der Waals surface area contributed by atoms with Crippen LogP contribution < -0.4 is 10.9 Å². The van der Waals surface area contributed by atoms with Crippen LogP contribution in [0.2, 0.25) is 0 Å². The van der Waals surface area contributed by atoms with E-state index in [0.717, 1.165) is 38.2 Å². The number of anilines is 1. The average Bonchev–Trinajstić information content (AvgIpc) is 2.74. The third-order valence-corrected chi connectivity index (χ3v) is 7.50. The second-order valence-corrected chi connectivity index (χ2v) is 9.71. The molecule has 1 fully saturated rings. The van der Waals surface area contributed by atoms with Crippen molar-refractivity contribution in [2.24, 2.45) is 0 Å². The monoisotopic (exact) mass is 471 g/mol. The summed E-state index contributed by atoms with van der Waals surface area (Å²) in [6.07, 6.45) is 0.332. The Balaban J connectivity index is 1.82. The molecule has 2 aromatic rings. The van der Waals surface area contributed by atoms with Crippen LogP contribution in [0.15, 0.2) is 52.3 Å². The normalized spacial score (nSPS) is 15.7. The molecule has 1 amide bonds. The summed E-state index contributed by atoms with van der Waals surface area (Å²) in [7, 11) is -2.41. The Hall–Kier alpha value is -2.66. The maximum atomic E-state index is 13.2.